The SMILES string of the molecule is CC(=O)Oc1cc2c(c3c1C1OC(C)(C)OC1C3)C(=O)c1ccccc1C2=O. The molecule has 142 valence electrons. The van der Waals surface area contributed by atoms with E-state index in [1.807, 2.05) is 13.8 Å². The Labute approximate surface area is 161 Å². The largest absolute Gasteiger partial charge is 0.426 e. The second kappa shape index (κ2) is 5.59. The van der Waals surface area contributed by atoms with E-state index in [-0.39, 0.29) is 29.0 Å². The lowest BCUT2D eigenvalue weighted by Crippen LogP contribution is -2.25. The van der Waals surface area contributed by atoms with Crippen LogP contribution in [0.4, 0.5) is 0 Å². The molecule has 28 heavy (non-hydrogen) atoms. The van der Waals surface area contributed by atoms with Crippen molar-refractivity contribution in [1.82, 2.24) is 0 Å². The molecule has 2 aromatic carbocycles. The van der Waals surface area contributed by atoms with Crippen molar-refractivity contribution in [2.75, 3.05) is 0 Å². The Hall–Kier alpha value is -2.83. The summed E-state index contributed by atoms with van der Waals surface area (Å²) < 4.78 is 17.4. The zero-order valence-electron chi connectivity index (χ0n) is 15.7. The highest BCUT2D eigenvalue weighted by molar-refractivity contribution is 6.29. The molecular formula is C22H18O6. The molecule has 0 N–H and O–H groups in total. The van der Waals surface area contributed by atoms with Crippen molar-refractivity contribution in [3.8, 4) is 5.75 Å². The number of ether oxygens (including phenoxy) is 3. The van der Waals surface area contributed by atoms with Gasteiger partial charge in [0.2, 0.25) is 0 Å². The van der Waals surface area contributed by atoms with Gasteiger partial charge in [0.25, 0.3) is 0 Å². The monoisotopic (exact) mass is 378 g/mol. The van der Waals surface area contributed by atoms with E-state index in [1.165, 1.54) is 13.0 Å². The maximum absolute atomic E-state index is 13.3. The summed E-state index contributed by atoms with van der Waals surface area (Å²) in [5, 5.41) is 0. The van der Waals surface area contributed by atoms with Gasteiger partial charge in [-0.2, -0.15) is 0 Å². The number of esters is 1. The molecular weight excluding hydrogens is 360 g/mol. The van der Waals surface area contributed by atoms with E-state index in [4.69, 9.17) is 14.2 Å². The van der Waals surface area contributed by atoms with Gasteiger partial charge in [0.15, 0.2) is 17.4 Å². The van der Waals surface area contributed by atoms with E-state index in [1.54, 1.807) is 24.3 Å². The molecule has 0 spiro atoms. The average Bonchev–Trinajstić information content (AvgIpc) is 3.10. The molecule has 1 fully saturated rings. The molecule has 1 heterocycles. The minimum atomic E-state index is -0.775. The van der Waals surface area contributed by atoms with Gasteiger partial charge in [-0.3, -0.25) is 14.4 Å². The van der Waals surface area contributed by atoms with Crippen LogP contribution in [0, 0.1) is 0 Å². The molecule has 2 aromatic rings. The summed E-state index contributed by atoms with van der Waals surface area (Å²) in [7, 11) is 0. The van der Waals surface area contributed by atoms with Crippen molar-refractivity contribution < 1.29 is 28.6 Å². The Balaban J connectivity index is 1.76. The fraction of sp³-hybridized carbons (Fsp3) is 0.318. The van der Waals surface area contributed by atoms with Gasteiger partial charge in [0.1, 0.15) is 11.9 Å². The number of carbonyl (C=O) groups is 3. The normalized spacial score (nSPS) is 23.7. The van der Waals surface area contributed by atoms with Gasteiger partial charge in [-0.25, -0.2) is 0 Å². The fourth-order valence-electron chi connectivity index (χ4n) is 4.52. The first-order chi connectivity index (χ1) is 13.3. The lowest BCUT2D eigenvalue weighted by Gasteiger charge is -2.24. The zero-order valence-corrected chi connectivity index (χ0v) is 15.7. The molecule has 1 aliphatic heterocycles. The molecule has 0 aromatic heterocycles. The number of hydrogen-bond acceptors (Lipinski definition) is 6. The second-order valence-electron chi connectivity index (χ2n) is 7.79. The third-order valence-corrected chi connectivity index (χ3v) is 5.45. The van der Waals surface area contributed by atoms with Crippen LogP contribution in [0.1, 0.15) is 69.8 Å². The van der Waals surface area contributed by atoms with Gasteiger partial charge in [0, 0.05) is 41.2 Å². The summed E-state index contributed by atoms with van der Waals surface area (Å²) in [6.45, 7) is 4.94. The highest BCUT2D eigenvalue weighted by Crippen LogP contribution is 2.52. The Morgan fingerprint density at radius 2 is 1.75 bits per heavy atom. The first kappa shape index (κ1) is 17.3. The Morgan fingerprint density at radius 3 is 2.43 bits per heavy atom. The van der Waals surface area contributed by atoms with Crippen molar-refractivity contribution in [2.45, 2.75) is 45.2 Å². The van der Waals surface area contributed by atoms with Crippen LogP contribution in [0.3, 0.4) is 0 Å². The van der Waals surface area contributed by atoms with Crippen LogP contribution in [0.25, 0.3) is 0 Å². The maximum atomic E-state index is 13.3. The van der Waals surface area contributed by atoms with E-state index < -0.39 is 17.9 Å². The lowest BCUT2D eigenvalue weighted by atomic mass is 9.80. The van der Waals surface area contributed by atoms with Crippen LogP contribution in [-0.2, 0) is 20.7 Å². The highest BCUT2D eigenvalue weighted by Gasteiger charge is 2.51. The minimum Gasteiger partial charge on any atom is -0.426 e. The number of carbonyl (C=O) groups excluding carboxylic acids is 3. The van der Waals surface area contributed by atoms with E-state index in [9.17, 15) is 14.4 Å². The number of fused-ring (bicyclic) bond motifs is 6. The molecule has 2 unspecified atom stereocenters. The van der Waals surface area contributed by atoms with E-state index in [0.717, 1.165) is 0 Å². The van der Waals surface area contributed by atoms with E-state index in [2.05, 4.69) is 0 Å². The van der Waals surface area contributed by atoms with Crippen LogP contribution in [0.5, 0.6) is 5.75 Å². The summed E-state index contributed by atoms with van der Waals surface area (Å²) in [5.41, 5.74) is 2.69. The Kier molecular flexibility index (Phi) is 3.45. The van der Waals surface area contributed by atoms with Gasteiger partial charge in [-0.15, -0.1) is 0 Å². The van der Waals surface area contributed by atoms with Crippen molar-refractivity contribution in [2.24, 2.45) is 0 Å². The lowest BCUT2D eigenvalue weighted by molar-refractivity contribution is -0.148. The summed E-state index contributed by atoms with van der Waals surface area (Å²) in [6.07, 6.45) is -0.335. The molecule has 0 saturated carbocycles. The van der Waals surface area contributed by atoms with Crippen LogP contribution in [0.2, 0.25) is 0 Å². The molecule has 0 radical (unpaired) electrons. The third-order valence-electron chi connectivity index (χ3n) is 5.45. The summed E-state index contributed by atoms with van der Waals surface area (Å²) in [5.74, 6) is -1.46. The summed E-state index contributed by atoms with van der Waals surface area (Å²) in [4.78, 5) is 38.0. The zero-order chi connectivity index (χ0) is 19.8. The minimum absolute atomic E-state index is 0.199. The third kappa shape index (κ3) is 2.31. The van der Waals surface area contributed by atoms with Crippen molar-refractivity contribution in [1.29, 1.82) is 0 Å². The second-order valence-corrected chi connectivity index (χ2v) is 7.79. The predicted molar refractivity (Wildman–Crippen MR) is 97.5 cm³/mol. The maximum Gasteiger partial charge on any atom is 0.308 e. The molecule has 6 nitrogen and oxygen atoms in total. The first-order valence-corrected chi connectivity index (χ1v) is 9.19. The molecule has 5 rings (SSSR count). The summed E-state index contributed by atoms with van der Waals surface area (Å²) in [6, 6.07) is 8.27. The average molecular weight is 378 g/mol. The quantitative estimate of drug-likeness (QED) is 0.478. The van der Waals surface area contributed by atoms with Crippen LogP contribution in [0.15, 0.2) is 30.3 Å². The molecule has 1 saturated heterocycles. The molecule has 3 aliphatic rings. The van der Waals surface area contributed by atoms with Gasteiger partial charge >= 0.3 is 5.97 Å². The molecule has 6 heteroatoms. The molecule has 2 atom stereocenters. The highest BCUT2D eigenvalue weighted by atomic mass is 16.8. The summed E-state index contributed by atoms with van der Waals surface area (Å²) >= 11 is 0. The van der Waals surface area contributed by atoms with Crippen molar-refractivity contribution >= 4 is 17.5 Å². The van der Waals surface area contributed by atoms with Gasteiger partial charge in [0.05, 0.1) is 6.10 Å². The van der Waals surface area contributed by atoms with Gasteiger partial charge in [-0.05, 0) is 25.5 Å². The fourth-order valence-corrected chi connectivity index (χ4v) is 4.52. The van der Waals surface area contributed by atoms with Crippen LogP contribution < -0.4 is 4.74 Å². The standard InChI is InChI=1S/C22H18O6/c1-10(23)26-15-9-14-17(20(25)12-7-5-4-6-11(12)19(14)24)13-8-16-21(18(13)15)28-22(2,3)27-16/h4-7,9,16,21H,8H2,1-3H3. The van der Waals surface area contributed by atoms with Gasteiger partial charge in [-0.1, -0.05) is 24.3 Å². The van der Waals surface area contributed by atoms with Crippen LogP contribution >= 0.6 is 0 Å². The number of benzene rings is 2. The van der Waals surface area contributed by atoms with E-state index in [0.29, 0.717) is 34.2 Å². The first-order valence-electron chi connectivity index (χ1n) is 9.19. The Bertz CT molecular complexity index is 1080. The predicted octanol–water partition coefficient (Wildman–Crippen LogP) is 3.14. The van der Waals surface area contributed by atoms with Crippen molar-refractivity contribution in [3.63, 3.8) is 0 Å². The Morgan fingerprint density at radius 1 is 1.07 bits per heavy atom. The molecule has 2 aliphatic carbocycles. The van der Waals surface area contributed by atoms with Gasteiger partial charge < -0.3 is 14.2 Å². The number of ketones is 2. The van der Waals surface area contributed by atoms with Crippen molar-refractivity contribution in [3.05, 3.63) is 63.7 Å². The van der Waals surface area contributed by atoms with Crippen LogP contribution in [-0.4, -0.2) is 29.4 Å². The molecule has 0 amide bonds. The number of hydrogen-bond donors (Lipinski definition) is 0. The molecule has 0 bridgehead atoms. The smallest absolute Gasteiger partial charge is 0.308 e. The van der Waals surface area contributed by atoms with E-state index >= 15 is 0 Å². The topological polar surface area (TPSA) is 78.9 Å². The number of rotatable bonds is 1.